The number of hydrogen-bond donors (Lipinski definition) is 2. The number of nitrogens with zero attached hydrogens (tertiary/aromatic N) is 2. The summed E-state index contributed by atoms with van der Waals surface area (Å²) in [7, 11) is 0. The smallest absolute Gasteiger partial charge is 0.194 e. The van der Waals surface area contributed by atoms with Gasteiger partial charge in [0.05, 0.1) is 17.5 Å². The fraction of sp³-hybridized carbons (Fsp3) is 0.357. The van der Waals surface area contributed by atoms with Crippen molar-refractivity contribution in [3.05, 3.63) is 44.9 Å². The van der Waals surface area contributed by atoms with Crippen molar-refractivity contribution in [3.63, 3.8) is 0 Å². The standard InChI is InChI=1S/C14H17N3OS2/c1-9-7-20-14-16-10(2)12(17(9)14)5-15-6-13(18)11-3-4-19-8-11/h3-4,7-8,13,15,18H,5-6H2,1-2H3. The first-order chi connectivity index (χ1) is 9.66. The highest BCUT2D eigenvalue weighted by Crippen LogP contribution is 2.20. The molecule has 0 saturated heterocycles. The number of rotatable bonds is 5. The summed E-state index contributed by atoms with van der Waals surface area (Å²) < 4.78 is 2.18. The highest BCUT2D eigenvalue weighted by atomic mass is 32.1. The van der Waals surface area contributed by atoms with Crippen LogP contribution >= 0.6 is 22.7 Å². The largest absolute Gasteiger partial charge is 0.387 e. The molecule has 3 aromatic rings. The third-order valence-electron chi connectivity index (χ3n) is 3.39. The van der Waals surface area contributed by atoms with E-state index in [1.807, 2.05) is 23.8 Å². The van der Waals surface area contributed by atoms with Crippen molar-refractivity contribution in [3.8, 4) is 0 Å². The van der Waals surface area contributed by atoms with Gasteiger partial charge in [-0.25, -0.2) is 4.98 Å². The van der Waals surface area contributed by atoms with Crippen LogP contribution in [0.1, 0.15) is 28.7 Å². The van der Waals surface area contributed by atoms with Crippen LogP contribution in [0.3, 0.4) is 0 Å². The maximum Gasteiger partial charge on any atom is 0.194 e. The van der Waals surface area contributed by atoms with Crippen molar-refractivity contribution in [2.24, 2.45) is 0 Å². The Kier molecular flexibility index (Phi) is 3.89. The van der Waals surface area contributed by atoms with Gasteiger partial charge < -0.3 is 10.4 Å². The van der Waals surface area contributed by atoms with Gasteiger partial charge >= 0.3 is 0 Å². The summed E-state index contributed by atoms with van der Waals surface area (Å²) >= 11 is 3.27. The van der Waals surface area contributed by atoms with Crippen LogP contribution in [0.4, 0.5) is 0 Å². The number of thiophene rings is 1. The van der Waals surface area contributed by atoms with E-state index in [0.717, 1.165) is 16.2 Å². The second-order valence-corrected chi connectivity index (χ2v) is 6.46. The van der Waals surface area contributed by atoms with Crippen molar-refractivity contribution in [2.75, 3.05) is 6.54 Å². The Labute approximate surface area is 125 Å². The maximum absolute atomic E-state index is 10.1. The first-order valence-electron chi connectivity index (χ1n) is 6.49. The molecule has 3 aromatic heterocycles. The molecule has 3 heterocycles. The molecule has 4 nitrogen and oxygen atoms in total. The van der Waals surface area contributed by atoms with Crippen LogP contribution in [-0.2, 0) is 6.54 Å². The van der Waals surface area contributed by atoms with E-state index in [4.69, 9.17) is 0 Å². The highest BCUT2D eigenvalue weighted by Gasteiger charge is 2.13. The lowest BCUT2D eigenvalue weighted by Gasteiger charge is -2.11. The van der Waals surface area contributed by atoms with Gasteiger partial charge in [-0.3, -0.25) is 4.40 Å². The monoisotopic (exact) mass is 307 g/mol. The predicted molar refractivity (Wildman–Crippen MR) is 83.5 cm³/mol. The molecular weight excluding hydrogens is 290 g/mol. The highest BCUT2D eigenvalue weighted by molar-refractivity contribution is 7.15. The van der Waals surface area contributed by atoms with Crippen molar-refractivity contribution < 1.29 is 5.11 Å². The first kappa shape index (κ1) is 13.8. The third kappa shape index (κ3) is 2.52. The van der Waals surface area contributed by atoms with Crippen LogP contribution in [0.2, 0.25) is 0 Å². The minimum atomic E-state index is -0.450. The van der Waals surface area contributed by atoms with Gasteiger partial charge in [-0.1, -0.05) is 0 Å². The number of aryl methyl sites for hydroxylation is 2. The van der Waals surface area contributed by atoms with Gasteiger partial charge in [0.1, 0.15) is 0 Å². The van der Waals surface area contributed by atoms with E-state index in [-0.39, 0.29) is 0 Å². The minimum absolute atomic E-state index is 0.450. The van der Waals surface area contributed by atoms with E-state index in [2.05, 4.69) is 27.0 Å². The van der Waals surface area contributed by atoms with Gasteiger partial charge in [0.25, 0.3) is 0 Å². The summed E-state index contributed by atoms with van der Waals surface area (Å²) in [4.78, 5) is 5.60. The zero-order valence-electron chi connectivity index (χ0n) is 11.5. The normalized spacial score (nSPS) is 13.2. The van der Waals surface area contributed by atoms with Crippen LogP contribution in [0, 0.1) is 13.8 Å². The number of hydrogen-bond acceptors (Lipinski definition) is 5. The zero-order chi connectivity index (χ0) is 14.1. The molecule has 0 aliphatic heterocycles. The molecule has 0 saturated carbocycles. The van der Waals surface area contributed by atoms with Crippen LogP contribution in [0.15, 0.2) is 22.2 Å². The van der Waals surface area contributed by atoms with E-state index in [1.54, 1.807) is 22.7 Å². The molecule has 0 bridgehead atoms. The summed E-state index contributed by atoms with van der Waals surface area (Å²) in [5, 5.41) is 19.5. The molecule has 0 aliphatic rings. The number of aliphatic hydroxyl groups excluding tert-OH is 1. The number of aliphatic hydroxyl groups is 1. The molecule has 1 unspecified atom stereocenters. The number of fused-ring (bicyclic) bond motifs is 1. The number of nitrogens with one attached hydrogen (secondary N) is 1. The fourth-order valence-electron chi connectivity index (χ4n) is 2.29. The second kappa shape index (κ2) is 5.65. The average molecular weight is 307 g/mol. The van der Waals surface area contributed by atoms with E-state index >= 15 is 0 Å². The lowest BCUT2D eigenvalue weighted by atomic mass is 10.2. The summed E-state index contributed by atoms with van der Waals surface area (Å²) in [6, 6.07) is 1.96. The van der Waals surface area contributed by atoms with Crippen LogP contribution in [0.5, 0.6) is 0 Å². The quantitative estimate of drug-likeness (QED) is 0.762. The van der Waals surface area contributed by atoms with E-state index in [0.29, 0.717) is 13.1 Å². The van der Waals surface area contributed by atoms with Gasteiger partial charge in [0.15, 0.2) is 4.96 Å². The lowest BCUT2D eigenvalue weighted by Crippen LogP contribution is -2.22. The Morgan fingerprint density at radius 1 is 1.40 bits per heavy atom. The Hall–Kier alpha value is -1.21. The third-order valence-corrected chi connectivity index (χ3v) is 5.03. The maximum atomic E-state index is 10.1. The topological polar surface area (TPSA) is 49.6 Å². The van der Waals surface area contributed by atoms with E-state index in [1.165, 1.54) is 11.4 Å². The summed E-state index contributed by atoms with van der Waals surface area (Å²) in [6.45, 7) is 5.39. The Balaban J connectivity index is 1.68. The van der Waals surface area contributed by atoms with Crippen LogP contribution < -0.4 is 5.32 Å². The molecule has 3 rings (SSSR count). The Bertz CT molecular complexity index is 699. The molecule has 106 valence electrons. The van der Waals surface area contributed by atoms with Crippen molar-refractivity contribution in [1.29, 1.82) is 0 Å². The van der Waals surface area contributed by atoms with Gasteiger partial charge in [0.2, 0.25) is 0 Å². The summed E-state index contributed by atoms with van der Waals surface area (Å²) in [5.74, 6) is 0. The molecule has 1 atom stereocenters. The van der Waals surface area contributed by atoms with Gasteiger partial charge in [-0.15, -0.1) is 11.3 Å². The van der Waals surface area contributed by atoms with Crippen LogP contribution in [-0.4, -0.2) is 21.0 Å². The Morgan fingerprint density at radius 3 is 3.00 bits per heavy atom. The molecule has 0 aromatic carbocycles. The first-order valence-corrected chi connectivity index (χ1v) is 8.32. The number of imidazole rings is 1. The molecule has 0 amide bonds. The van der Waals surface area contributed by atoms with Gasteiger partial charge in [0, 0.05) is 24.2 Å². The zero-order valence-corrected chi connectivity index (χ0v) is 13.1. The number of aromatic nitrogens is 2. The lowest BCUT2D eigenvalue weighted by molar-refractivity contribution is 0.174. The van der Waals surface area contributed by atoms with Gasteiger partial charge in [-0.05, 0) is 36.2 Å². The van der Waals surface area contributed by atoms with Crippen molar-refractivity contribution >= 4 is 27.6 Å². The van der Waals surface area contributed by atoms with Crippen molar-refractivity contribution in [1.82, 2.24) is 14.7 Å². The van der Waals surface area contributed by atoms with E-state index in [9.17, 15) is 5.11 Å². The Morgan fingerprint density at radius 2 is 2.25 bits per heavy atom. The second-order valence-electron chi connectivity index (χ2n) is 4.84. The molecule has 6 heteroatoms. The fourth-order valence-corrected chi connectivity index (χ4v) is 3.92. The molecule has 0 spiro atoms. The molecule has 0 fully saturated rings. The molecule has 0 radical (unpaired) electrons. The summed E-state index contributed by atoms with van der Waals surface area (Å²) in [5.41, 5.74) is 4.42. The SMILES string of the molecule is Cc1nc2scc(C)n2c1CNCC(O)c1ccsc1. The van der Waals surface area contributed by atoms with E-state index < -0.39 is 6.10 Å². The van der Waals surface area contributed by atoms with Crippen LogP contribution in [0.25, 0.3) is 4.96 Å². The molecule has 2 N–H and O–H groups in total. The summed E-state index contributed by atoms with van der Waals surface area (Å²) in [6.07, 6.45) is -0.450. The molecular formula is C14H17N3OS2. The minimum Gasteiger partial charge on any atom is -0.387 e. The van der Waals surface area contributed by atoms with Crippen molar-refractivity contribution in [2.45, 2.75) is 26.5 Å². The molecule has 0 aliphatic carbocycles. The number of thiazole rings is 1. The predicted octanol–water partition coefficient (Wildman–Crippen LogP) is 2.90. The molecule has 20 heavy (non-hydrogen) atoms. The average Bonchev–Trinajstić information content (AvgIpc) is 3.11. The van der Waals surface area contributed by atoms with Gasteiger partial charge in [-0.2, -0.15) is 11.3 Å².